The van der Waals surface area contributed by atoms with Gasteiger partial charge < -0.3 is 20.4 Å². The molecule has 23 heavy (non-hydrogen) atoms. The maximum atomic E-state index is 12.4. The van der Waals surface area contributed by atoms with Gasteiger partial charge in [0.15, 0.2) is 6.04 Å². The second-order valence-corrected chi connectivity index (χ2v) is 6.41. The topological polar surface area (TPSA) is 69.3 Å². The molecule has 124 valence electrons. The molecule has 0 spiro atoms. The van der Waals surface area contributed by atoms with Crippen molar-refractivity contribution in [3.05, 3.63) is 29.3 Å². The molecule has 0 aliphatic carbocycles. The Labute approximate surface area is 140 Å². The van der Waals surface area contributed by atoms with E-state index < -0.39 is 0 Å². The van der Waals surface area contributed by atoms with Crippen molar-refractivity contribution in [2.24, 2.45) is 0 Å². The number of carbonyl (C=O) groups excluding carboxylic acids is 2. The molecule has 2 heterocycles. The molecule has 0 bridgehead atoms. The Morgan fingerprint density at radius 1 is 1.30 bits per heavy atom. The van der Waals surface area contributed by atoms with E-state index in [9.17, 15) is 9.59 Å². The summed E-state index contributed by atoms with van der Waals surface area (Å²) in [4.78, 5) is 28.2. The van der Waals surface area contributed by atoms with Crippen molar-refractivity contribution in [2.45, 2.75) is 12.5 Å². The van der Waals surface area contributed by atoms with Crippen LogP contribution in [0.4, 0.5) is 5.69 Å². The van der Waals surface area contributed by atoms with Gasteiger partial charge in [-0.05, 0) is 18.2 Å². The number of hydrogen-bond acceptors (Lipinski definition) is 3. The molecule has 3 N–H and O–H groups in total. The number of nitrogens with two attached hydrogens (primary N) is 1. The zero-order valence-corrected chi connectivity index (χ0v) is 13.8. The summed E-state index contributed by atoms with van der Waals surface area (Å²) in [7, 11) is 0. The molecule has 0 saturated carbocycles. The minimum atomic E-state index is -0.276. The van der Waals surface area contributed by atoms with E-state index in [4.69, 9.17) is 11.6 Å². The number of rotatable bonds is 3. The molecule has 2 aliphatic heterocycles. The number of amides is 2. The van der Waals surface area contributed by atoms with Crippen molar-refractivity contribution in [1.82, 2.24) is 10.2 Å². The fraction of sp³-hybridized carbons (Fsp3) is 0.500. The monoisotopic (exact) mass is 337 g/mol. The molecule has 2 fully saturated rings. The van der Waals surface area contributed by atoms with E-state index in [1.165, 1.54) is 0 Å². The smallest absolute Gasteiger partial charge is 0.278 e. The molecule has 2 saturated heterocycles. The Kier molecular flexibility index (Phi) is 5.03. The molecule has 0 aromatic heterocycles. The van der Waals surface area contributed by atoms with Crippen LogP contribution in [0.1, 0.15) is 6.42 Å². The van der Waals surface area contributed by atoms with E-state index in [1.54, 1.807) is 0 Å². The van der Waals surface area contributed by atoms with E-state index in [0.717, 1.165) is 30.3 Å². The summed E-state index contributed by atoms with van der Waals surface area (Å²) in [5.74, 6) is 0.0382. The van der Waals surface area contributed by atoms with Crippen LogP contribution in [0.5, 0.6) is 0 Å². The highest BCUT2D eigenvalue weighted by atomic mass is 35.5. The van der Waals surface area contributed by atoms with Gasteiger partial charge in [-0.3, -0.25) is 9.59 Å². The Balaban J connectivity index is 1.52. The molecule has 0 unspecified atom stereocenters. The third-order valence-electron chi connectivity index (χ3n) is 4.43. The van der Waals surface area contributed by atoms with Crippen LogP contribution in [0.15, 0.2) is 24.3 Å². The van der Waals surface area contributed by atoms with Crippen LogP contribution in [0, 0.1) is 0 Å². The van der Waals surface area contributed by atoms with Gasteiger partial charge in [0.2, 0.25) is 5.91 Å². The highest BCUT2D eigenvalue weighted by molar-refractivity contribution is 6.30. The lowest BCUT2D eigenvalue weighted by atomic mass is 10.1. The van der Waals surface area contributed by atoms with Gasteiger partial charge in [0.1, 0.15) is 0 Å². The van der Waals surface area contributed by atoms with Gasteiger partial charge in [0.05, 0.1) is 19.5 Å². The molecule has 0 radical (unpaired) electrons. The third kappa shape index (κ3) is 3.95. The molecular formula is C16H22ClN4O2+. The standard InChI is InChI=1S/C16H21ClN4O2/c17-12-2-1-3-13(10-12)20-6-8-21(9-7-20)15(22)11-14-16(23)19-5-4-18-14/h1-3,10,14,18H,4-9,11H2,(H,19,23)/p+1/t14-/m1/s1. The fourth-order valence-electron chi connectivity index (χ4n) is 3.10. The Hall–Kier alpha value is -1.79. The largest absolute Gasteiger partial charge is 0.368 e. The van der Waals surface area contributed by atoms with E-state index in [0.29, 0.717) is 19.6 Å². The molecule has 1 aromatic rings. The SMILES string of the molecule is O=C1NCC[NH2+][C@@H]1CC(=O)N1CCN(c2cccc(Cl)c2)CC1. The number of anilines is 1. The third-order valence-corrected chi connectivity index (χ3v) is 4.67. The first kappa shape index (κ1) is 16.1. The molecule has 7 heteroatoms. The predicted octanol–water partition coefficient (Wildman–Crippen LogP) is -0.559. The van der Waals surface area contributed by atoms with Gasteiger partial charge >= 0.3 is 0 Å². The quantitative estimate of drug-likeness (QED) is 0.777. The van der Waals surface area contributed by atoms with Crippen molar-refractivity contribution in [2.75, 3.05) is 44.2 Å². The fourth-order valence-corrected chi connectivity index (χ4v) is 3.28. The summed E-state index contributed by atoms with van der Waals surface area (Å²) in [5, 5.41) is 5.49. The first-order valence-corrected chi connectivity index (χ1v) is 8.40. The molecule has 2 aliphatic rings. The van der Waals surface area contributed by atoms with Crippen LogP contribution in [-0.2, 0) is 9.59 Å². The summed E-state index contributed by atoms with van der Waals surface area (Å²) in [5.41, 5.74) is 1.09. The molecule has 1 aromatic carbocycles. The maximum absolute atomic E-state index is 12.4. The zero-order valence-electron chi connectivity index (χ0n) is 13.0. The number of hydrogen-bond donors (Lipinski definition) is 2. The lowest BCUT2D eigenvalue weighted by molar-refractivity contribution is -0.678. The zero-order chi connectivity index (χ0) is 16.2. The highest BCUT2D eigenvalue weighted by Crippen LogP contribution is 2.20. The Bertz CT molecular complexity index is 587. The molecule has 6 nitrogen and oxygen atoms in total. The van der Waals surface area contributed by atoms with Crippen molar-refractivity contribution in [3.8, 4) is 0 Å². The Morgan fingerprint density at radius 3 is 2.78 bits per heavy atom. The van der Waals surface area contributed by atoms with Crippen LogP contribution in [0.2, 0.25) is 5.02 Å². The number of benzene rings is 1. The van der Waals surface area contributed by atoms with Gasteiger partial charge in [-0.2, -0.15) is 0 Å². The van der Waals surface area contributed by atoms with Gasteiger partial charge in [-0.1, -0.05) is 17.7 Å². The van der Waals surface area contributed by atoms with Gasteiger partial charge in [0.25, 0.3) is 5.91 Å². The van der Waals surface area contributed by atoms with Crippen LogP contribution < -0.4 is 15.5 Å². The predicted molar refractivity (Wildman–Crippen MR) is 88.5 cm³/mol. The Morgan fingerprint density at radius 2 is 2.09 bits per heavy atom. The van der Waals surface area contributed by atoms with Crippen LogP contribution in [0.25, 0.3) is 0 Å². The summed E-state index contributed by atoms with van der Waals surface area (Å²) < 4.78 is 0. The van der Waals surface area contributed by atoms with Crippen molar-refractivity contribution in [1.29, 1.82) is 0 Å². The van der Waals surface area contributed by atoms with Gasteiger partial charge in [-0.25, -0.2) is 0 Å². The van der Waals surface area contributed by atoms with E-state index in [-0.39, 0.29) is 24.3 Å². The number of piperazine rings is 2. The van der Waals surface area contributed by atoms with Crippen molar-refractivity contribution < 1.29 is 14.9 Å². The summed E-state index contributed by atoms with van der Waals surface area (Å²) >= 11 is 6.03. The van der Waals surface area contributed by atoms with Crippen LogP contribution >= 0.6 is 11.6 Å². The normalized spacial score (nSPS) is 22.0. The molecule has 1 atom stereocenters. The van der Waals surface area contributed by atoms with E-state index >= 15 is 0 Å². The average molecular weight is 338 g/mol. The van der Waals surface area contributed by atoms with Crippen molar-refractivity contribution >= 4 is 29.1 Å². The number of quaternary nitrogens is 1. The minimum Gasteiger partial charge on any atom is -0.368 e. The second kappa shape index (κ2) is 7.19. The first-order chi connectivity index (χ1) is 11.1. The number of nitrogens with one attached hydrogen (secondary N) is 1. The highest BCUT2D eigenvalue weighted by Gasteiger charge is 2.31. The molecule has 2 amide bonds. The first-order valence-electron chi connectivity index (χ1n) is 8.03. The summed E-state index contributed by atoms with van der Waals surface area (Å²) in [6, 6.07) is 7.50. The number of carbonyl (C=O) groups is 2. The van der Waals surface area contributed by atoms with E-state index in [1.807, 2.05) is 34.5 Å². The lowest BCUT2D eigenvalue weighted by Crippen LogP contribution is -2.96. The van der Waals surface area contributed by atoms with E-state index in [2.05, 4.69) is 10.2 Å². The number of halogens is 1. The summed E-state index contributed by atoms with van der Waals surface area (Å²) in [6.07, 6.45) is 0.281. The lowest BCUT2D eigenvalue weighted by Gasteiger charge is -2.36. The summed E-state index contributed by atoms with van der Waals surface area (Å²) in [6.45, 7) is 4.45. The second-order valence-electron chi connectivity index (χ2n) is 5.97. The average Bonchev–Trinajstić information content (AvgIpc) is 2.57. The van der Waals surface area contributed by atoms with Crippen LogP contribution in [0.3, 0.4) is 0 Å². The van der Waals surface area contributed by atoms with Crippen molar-refractivity contribution in [3.63, 3.8) is 0 Å². The minimum absolute atomic E-state index is 0.0258. The molecular weight excluding hydrogens is 316 g/mol. The van der Waals surface area contributed by atoms with Crippen LogP contribution in [-0.4, -0.2) is 62.0 Å². The van der Waals surface area contributed by atoms with Gasteiger partial charge in [-0.15, -0.1) is 0 Å². The van der Waals surface area contributed by atoms with Gasteiger partial charge in [0, 0.05) is 36.9 Å². The molecule has 3 rings (SSSR count). The maximum Gasteiger partial charge on any atom is 0.278 e. The number of nitrogens with zero attached hydrogens (tertiary/aromatic N) is 2.